The highest BCUT2D eigenvalue weighted by atomic mass is 32.2. The molecule has 1 saturated heterocycles. The van der Waals surface area contributed by atoms with Gasteiger partial charge in [0.05, 0.1) is 6.07 Å². The van der Waals surface area contributed by atoms with E-state index < -0.39 is 15.3 Å². The maximum absolute atomic E-state index is 12.1. The summed E-state index contributed by atoms with van der Waals surface area (Å²) in [5.74, 6) is 0.543. The minimum Gasteiger partial charge on any atom is -0.211 e. The normalized spacial score (nSPS) is 32.8. The molecule has 0 spiro atoms. The van der Waals surface area contributed by atoms with E-state index in [-0.39, 0.29) is 6.04 Å². The summed E-state index contributed by atoms with van der Waals surface area (Å²) in [7, 11) is -3.36. The zero-order valence-electron chi connectivity index (χ0n) is 8.89. The monoisotopic (exact) mass is 228 g/mol. The molecule has 84 valence electrons. The second kappa shape index (κ2) is 3.76. The molecule has 4 nitrogen and oxygen atoms in total. The Hall–Kier alpha value is -0.600. The number of piperidine rings is 1. The van der Waals surface area contributed by atoms with E-state index in [2.05, 4.69) is 0 Å². The van der Waals surface area contributed by atoms with Crippen LogP contribution in [0.5, 0.6) is 0 Å². The average Bonchev–Trinajstić information content (AvgIpc) is 2.80. The zero-order chi connectivity index (χ0) is 11.1. The van der Waals surface area contributed by atoms with E-state index in [1.54, 1.807) is 11.2 Å². The molecule has 3 unspecified atom stereocenters. The molecule has 2 fully saturated rings. The molecule has 2 bridgehead atoms. The first-order valence-electron chi connectivity index (χ1n) is 5.49. The summed E-state index contributed by atoms with van der Waals surface area (Å²) < 4.78 is 25.8. The molecule has 1 heterocycles. The molecule has 3 atom stereocenters. The molecule has 2 rings (SSSR count). The molecule has 2 aliphatic rings. The van der Waals surface area contributed by atoms with Crippen LogP contribution in [0.4, 0.5) is 0 Å². The Morgan fingerprint density at radius 1 is 1.53 bits per heavy atom. The third-order valence-electron chi connectivity index (χ3n) is 3.56. The SMILES string of the molecule is CCC(C#N)S(=O)(=O)N1CC2CCC1C2. The fraction of sp³-hybridized carbons (Fsp3) is 0.900. The molecule has 1 saturated carbocycles. The van der Waals surface area contributed by atoms with Crippen molar-refractivity contribution in [3.8, 4) is 6.07 Å². The lowest BCUT2D eigenvalue weighted by molar-refractivity contribution is 0.331. The van der Waals surface area contributed by atoms with Gasteiger partial charge < -0.3 is 0 Å². The Labute approximate surface area is 90.9 Å². The van der Waals surface area contributed by atoms with Crippen LogP contribution in [0.25, 0.3) is 0 Å². The van der Waals surface area contributed by atoms with Crippen molar-refractivity contribution in [2.24, 2.45) is 5.92 Å². The van der Waals surface area contributed by atoms with E-state index in [4.69, 9.17) is 5.26 Å². The number of hydrogen-bond acceptors (Lipinski definition) is 3. The Morgan fingerprint density at radius 3 is 2.67 bits per heavy atom. The number of sulfonamides is 1. The fourth-order valence-corrected chi connectivity index (χ4v) is 4.63. The average molecular weight is 228 g/mol. The lowest BCUT2D eigenvalue weighted by Gasteiger charge is -2.27. The molecule has 1 aliphatic carbocycles. The predicted octanol–water partition coefficient (Wildman–Crippen LogP) is 1.10. The Bertz CT molecular complexity index is 385. The summed E-state index contributed by atoms with van der Waals surface area (Å²) in [5.41, 5.74) is 0. The molecule has 0 aromatic heterocycles. The summed E-state index contributed by atoms with van der Waals surface area (Å²) in [6.45, 7) is 2.39. The molecule has 0 N–H and O–H groups in total. The molecule has 0 aromatic rings. The van der Waals surface area contributed by atoms with Crippen molar-refractivity contribution in [2.45, 2.75) is 43.9 Å². The van der Waals surface area contributed by atoms with Crippen LogP contribution >= 0.6 is 0 Å². The van der Waals surface area contributed by atoms with Gasteiger partial charge in [0.2, 0.25) is 10.0 Å². The van der Waals surface area contributed by atoms with Gasteiger partial charge in [-0.3, -0.25) is 0 Å². The van der Waals surface area contributed by atoms with Gasteiger partial charge in [0.1, 0.15) is 0 Å². The summed E-state index contributed by atoms with van der Waals surface area (Å²) >= 11 is 0. The lowest BCUT2D eigenvalue weighted by Crippen LogP contribution is -2.42. The van der Waals surface area contributed by atoms with Crippen LogP contribution in [0.3, 0.4) is 0 Å². The topological polar surface area (TPSA) is 61.2 Å². The van der Waals surface area contributed by atoms with Crippen molar-refractivity contribution in [2.75, 3.05) is 6.54 Å². The van der Waals surface area contributed by atoms with Gasteiger partial charge in [-0.15, -0.1) is 0 Å². The number of hydrogen-bond donors (Lipinski definition) is 0. The largest absolute Gasteiger partial charge is 0.230 e. The smallest absolute Gasteiger partial charge is 0.211 e. The number of nitrogens with zero attached hydrogens (tertiary/aromatic N) is 2. The van der Waals surface area contributed by atoms with Crippen molar-refractivity contribution >= 4 is 10.0 Å². The molecule has 5 heteroatoms. The molecule has 0 radical (unpaired) electrons. The lowest BCUT2D eigenvalue weighted by atomic mass is 10.1. The zero-order valence-corrected chi connectivity index (χ0v) is 9.70. The molecular formula is C10H16N2O2S. The van der Waals surface area contributed by atoms with Crippen LogP contribution in [-0.2, 0) is 10.0 Å². The second-order valence-electron chi connectivity index (χ2n) is 4.47. The maximum Gasteiger partial charge on any atom is 0.230 e. The maximum atomic E-state index is 12.1. The quantitative estimate of drug-likeness (QED) is 0.726. The van der Waals surface area contributed by atoms with Gasteiger partial charge in [-0.25, -0.2) is 8.42 Å². The first kappa shape index (κ1) is 10.9. The molecule has 0 aromatic carbocycles. The van der Waals surface area contributed by atoms with Crippen LogP contribution < -0.4 is 0 Å². The number of nitriles is 1. The van der Waals surface area contributed by atoms with E-state index in [9.17, 15) is 8.42 Å². The minimum atomic E-state index is -3.36. The first-order chi connectivity index (χ1) is 7.09. The second-order valence-corrected chi connectivity index (χ2v) is 6.54. The van der Waals surface area contributed by atoms with Gasteiger partial charge >= 0.3 is 0 Å². The number of fused-ring (bicyclic) bond motifs is 2. The fourth-order valence-electron chi connectivity index (χ4n) is 2.72. The van der Waals surface area contributed by atoms with Crippen LogP contribution in [0.2, 0.25) is 0 Å². The molecule has 15 heavy (non-hydrogen) atoms. The van der Waals surface area contributed by atoms with Crippen LogP contribution in [0.1, 0.15) is 32.6 Å². The van der Waals surface area contributed by atoms with Crippen LogP contribution in [-0.4, -0.2) is 30.6 Å². The Balaban J connectivity index is 2.20. The highest BCUT2D eigenvalue weighted by Crippen LogP contribution is 2.39. The Morgan fingerprint density at radius 2 is 2.27 bits per heavy atom. The van der Waals surface area contributed by atoms with E-state index in [0.717, 1.165) is 19.3 Å². The van der Waals surface area contributed by atoms with Gasteiger partial charge in [0.15, 0.2) is 5.25 Å². The van der Waals surface area contributed by atoms with E-state index >= 15 is 0 Å². The highest BCUT2D eigenvalue weighted by molar-refractivity contribution is 7.90. The molecular weight excluding hydrogens is 212 g/mol. The van der Waals surface area contributed by atoms with Crippen molar-refractivity contribution in [1.29, 1.82) is 5.26 Å². The first-order valence-corrected chi connectivity index (χ1v) is 7.00. The van der Waals surface area contributed by atoms with Gasteiger partial charge in [-0.05, 0) is 31.6 Å². The predicted molar refractivity (Wildman–Crippen MR) is 56.4 cm³/mol. The van der Waals surface area contributed by atoms with E-state index in [1.165, 1.54) is 0 Å². The summed E-state index contributed by atoms with van der Waals surface area (Å²) in [6, 6.07) is 2.08. The standard InChI is InChI=1S/C10H16N2O2S/c1-2-10(6-11)15(13,14)12-7-8-3-4-9(12)5-8/h8-10H,2-5,7H2,1H3. The van der Waals surface area contributed by atoms with Crippen LogP contribution in [0, 0.1) is 17.2 Å². The van der Waals surface area contributed by atoms with Crippen molar-refractivity contribution in [3.63, 3.8) is 0 Å². The van der Waals surface area contributed by atoms with Gasteiger partial charge in [-0.2, -0.15) is 9.57 Å². The summed E-state index contributed by atoms with van der Waals surface area (Å²) in [5, 5.41) is 7.99. The van der Waals surface area contributed by atoms with Gasteiger partial charge in [0, 0.05) is 12.6 Å². The molecule has 1 aliphatic heterocycles. The van der Waals surface area contributed by atoms with E-state index in [0.29, 0.717) is 18.9 Å². The van der Waals surface area contributed by atoms with Crippen LogP contribution in [0.15, 0.2) is 0 Å². The number of rotatable bonds is 3. The summed E-state index contributed by atoms with van der Waals surface area (Å²) in [6.07, 6.45) is 3.51. The van der Waals surface area contributed by atoms with Crippen molar-refractivity contribution in [1.82, 2.24) is 4.31 Å². The van der Waals surface area contributed by atoms with E-state index in [1.807, 2.05) is 6.07 Å². The minimum absolute atomic E-state index is 0.183. The summed E-state index contributed by atoms with van der Waals surface area (Å²) in [4.78, 5) is 0. The Kier molecular flexibility index (Phi) is 2.73. The van der Waals surface area contributed by atoms with Gasteiger partial charge in [-0.1, -0.05) is 6.92 Å². The highest BCUT2D eigenvalue weighted by Gasteiger charge is 2.45. The molecule has 0 amide bonds. The van der Waals surface area contributed by atoms with Gasteiger partial charge in [0.25, 0.3) is 0 Å². The van der Waals surface area contributed by atoms with Crippen molar-refractivity contribution in [3.05, 3.63) is 0 Å². The van der Waals surface area contributed by atoms with Crippen molar-refractivity contribution < 1.29 is 8.42 Å². The third-order valence-corrected chi connectivity index (χ3v) is 5.82. The third kappa shape index (κ3) is 1.66.